The van der Waals surface area contributed by atoms with Crippen LogP contribution in [-0.2, 0) is 11.3 Å². The van der Waals surface area contributed by atoms with Gasteiger partial charge in [-0.05, 0) is 47.7 Å². The number of aromatic nitrogens is 2. The Kier molecular flexibility index (Phi) is 6.07. The summed E-state index contributed by atoms with van der Waals surface area (Å²) in [6.07, 6.45) is 6.56. The zero-order chi connectivity index (χ0) is 22.0. The van der Waals surface area contributed by atoms with E-state index in [1.54, 1.807) is 6.20 Å². The number of pyridine rings is 1. The predicted molar refractivity (Wildman–Crippen MR) is 121 cm³/mol. The molecule has 6 heteroatoms. The zero-order valence-corrected chi connectivity index (χ0v) is 18.4. The standard InChI is InChI=1S/C25H30N4O2/c1-17(2)18(3)25(31)29-12-9-22(16-29)20-4-6-21(7-5-20)24(30)27-15-19-8-11-28-13-10-26-23(28)14-19/h4-8,10-11,13-14,17-18,22H,9,12,15-16H2,1-3H3,(H,27,30). The lowest BCUT2D eigenvalue weighted by molar-refractivity contribution is -0.135. The number of fused-ring (bicyclic) bond motifs is 1. The molecule has 1 aliphatic rings. The van der Waals surface area contributed by atoms with E-state index in [0.29, 0.717) is 23.9 Å². The molecule has 1 aromatic carbocycles. The SMILES string of the molecule is CC(C)C(C)C(=O)N1CCC(c2ccc(C(=O)NCc3ccn4ccnc4c3)cc2)C1. The van der Waals surface area contributed by atoms with E-state index in [1.165, 1.54) is 5.56 Å². The summed E-state index contributed by atoms with van der Waals surface area (Å²) in [5.41, 5.74) is 3.71. The van der Waals surface area contributed by atoms with Crippen LogP contribution in [0.15, 0.2) is 55.0 Å². The summed E-state index contributed by atoms with van der Waals surface area (Å²) in [6.45, 7) is 8.23. The van der Waals surface area contributed by atoms with E-state index in [9.17, 15) is 9.59 Å². The minimum absolute atomic E-state index is 0.0547. The number of nitrogens with zero attached hydrogens (tertiary/aromatic N) is 3. The third-order valence-corrected chi connectivity index (χ3v) is 6.45. The molecule has 0 radical (unpaired) electrons. The maximum Gasteiger partial charge on any atom is 0.251 e. The fraction of sp³-hybridized carbons (Fsp3) is 0.400. The van der Waals surface area contributed by atoms with Crippen LogP contribution in [-0.4, -0.2) is 39.2 Å². The first kappa shape index (κ1) is 21.1. The highest BCUT2D eigenvalue weighted by Gasteiger charge is 2.30. The van der Waals surface area contributed by atoms with Crippen LogP contribution in [0.4, 0.5) is 0 Å². The number of hydrogen-bond acceptors (Lipinski definition) is 3. The van der Waals surface area contributed by atoms with Gasteiger partial charge in [0.1, 0.15) is 5.65 Å². The van der Waals surface area contributed by atoms with Gasteiger partial charge in [0.15, 0.2) is 0 Å². The maximum absolute atomic E-state index is 12.6. The smallest absolute Gasteiger partial charge is 0.251 e. The van der Waals surface area contributed by atoms with Crippen molar-refractivity contribution < 1.29 is 9.59 Å². The van der Waals surface area contributed by atoms with Crippen molar-refractivity contribution in [2.45, 2.75) is 39.7 Å². The third kappa shape index (κ3) is 4.63. The normalized spacial score (nSPS) is 17.3. The van der Waals surface area contributed by atoms with Crippen LogP contribution in [0.2, 0.25) is 0 Å². The predicted octanol–water partition coefficient (Wildman–Crippen LogP) is 3.87. The lowest BCUT2D eigenvalue weighted by Gasteiger charge is -2.23. The molecule has 3 aromatic rings. The van der Waals surface area contributed by atoms with Gasteiger partial charge in [-0.25, -0.2) is 4.98 Å². The van der Waals surface area contributed by atoms with Gasteiger partial charge < -0.3 is 14.6 Å². The third-order valence-electron chi connectivity index (χ3n) is 6.45. The molecule has 162 valence electrons. The first-order chi connectivity index (χ1) is 14.9. The van der Waals surface area contributed by atoms with Gasteiger partial charge in [-0.3, -0.25) is 9.59 Å². The summed E-state index contributed by atoms with van der Waals surface area (Å²) in [4.78, 5) is 31.4. The Morgan fingerprint density at radius 3 is 2.65 bits per heavy atom. The molecule has 2 atom stereocenters. The number of imidazole rings is 1. The average Bonchev–Trinajstić information content (AvgIpc) is 3.46. The van der Waals surface area contributed by atoms with Crippen molar-refractivity contribution in [3.63, 3.8) is 0 Å². The molecule has 2 unspecified atom stereocenters. The van der Waals surface area contributed by atoms with Crippen LogP contribution in [0.3, 0.4) is 0 Å². The van der Waals surface area contributed by atoms with Gasteiger partial charge in [0, 0.05) is 55.6 Å². The van der Waals surface area contributed by atoms with Crippen molar-refractivity contribution >= 4 is 17.5 Å². The number of nitrogens with one attached hydrogen (secondary N) is 1. The molecule has 1 fully saturated rings. The van der Waals surface area contributed by atoms with Gasteiger partial charge in [-0.15, -0.1) is 0 Å². The quantitative estimate of drug-likeness (QED) is 0.661. The molecule has 0 bridgehead atoms. The summed E-state index contributed by atoms with van der Waals surface area (Å²) >= 11 is 0. The van der Waals surface area contributed by atoms with Gasteiger partial charge in [-0.1, -0.05) is 32.9 Å². The lowest BCUT2D eigenvalue weighted by atomic mass is 9.96. The number of amides is 2. The average molecular weight is 419 g/mol. The highest BCUT2D eigenvalue weighted by Crippen LogP contribution is 2.29. The van der Waals surface area contributed by atoms with Crippen molar-refractivity contribution in [3.05, 3.63) is 71.7 Å². The van der Waals surface area contributed by atoms with E-state index in [-0.39, 0.29) is 17.7 Å². The number of rotatable bonds is 6. The molecular weight excluding hydrogens is 388 g/mol. The number of benzene rings is 1. The molecule has 0 spiro atoms. The van der Waals surface area contributed by atoms with E-state index in [1.807, 2.05) is 65.0 Å². The molecule has 6 nitrogen and oxygen atoms in total. The fourth-order valence-corrected chi connectivity index (χ4v) is 4.06. The second kappa shape index (κ2) is 8.92. The van der Waals surface area contributed by atoms with E-state index in [0.717, 1.165) is 30.7 Å². The van der Waals surface area contributed by atoms with Crippen molar-refractivity contribution in [1.82, 2.24) is 19.6 Å². The second-order valence-electron chi connectivity index (χ2n) is 8.83. The number of carbonyl (C=O) groups is 2. The highest BCUT2D eigenvalue weighted by atomic mass is 16.2. The van der Waals surface area contributed by atoms with Gasteiger partial charge in [0.2, 0.25) is 5.91 Å². The maximum atomic E-state index is 12.6. The largest absolute Gasteiger partial charge is 0.348 e. The van der Waals surface area contributed by atoms with Crippen molar-refractivity contribution in [1.29, 1.82) is 0 Å². The van der Waals surface area contributed by atoms with Gasteiger partial charge in [0.25, 0.3) is 5.91 Å². The van der Waals surface area contributed by atoms with Crippen LogP contribution in [0.5, 0.6) is 0 Å². The fourth-order valence-electron chi connectivity index (χ4n) is 4.06. The summed E-state index contributed by atoms with van der Waals surface area (Å²) in [5, 5.41) is 2.98. The topological polar surface area (TPSA) is 66.7 Å². The van der Waals surface area contributed by atoms with Crippen molar-refractivity contribution in [2.75, 3.05) is 13.1 Å². The van der Waals surface area contributed by atoms with E-state index >= 15 is 0 Å². The summed E-state index contributed by atoms with van der Waals surface area (Å²) < 4.78 is 1.94. The minimum atomic E-state index is -0.0938. The first-order valence-electron chi connectivity index (χ1n) is 11.0. The number of carbonyl (C=O) groups excluding carboxylic acids is 2. The minimum Gasteiger partial charge on any atom is -0.348 e. The summed E-state index contributed by atoms with van der Waals surface area (Å²) in [5.74, 6) is 0.900. The van der Waals surface area contributed by atoms with Crippen LogP contribution in [0.25, 0.3) is 5.65 Å². The van der Waals surface area contributed by atoms with Gasteiger partial charge in [0.05, 0.1) is 0 Å². The number of hydrogen-bond donors (Lipinski definition) is 1. The Balaban J connectivity index is 1.33. The Hall–Kier alpha value is -3.15. The van der Waals surface area contributed by atoms with E-state index in [4.69, 9.17) is 0 Å². The Morgan fingerprint density at radius 2 is 1.90 bits per heavy atom. The van der Waals surface area contributed by atoms with Crippen LogP contribution in [0.1, 0.15) is 54.6 Å². The summed E-state index contributed by atoms with van der Waals surface area (Å²) in [6, 6.07) is 11.8. The van der Waals surface area contributed by atoms with Gasteiger partial charge in [-0.2, -0.15) is 0 Å². The molecule has 1 N–H and O–H groups in total. The van der Waals surface area contributed by atoms with Crippen molar-refractivity contribution in [2.24, 2.45) is 11.8 Å². The summed E-state index contributed by atoms with van der Waals surface area (Å²) in [7, 11) is 0. The van der Waals surface area contributed by atoms with Crippen LogP contribution < -0.4 is 5.32 Å². The highest BCUT2D eigenvalue weighted by molar-refractivity contribution is 5.94. The van der Waals surface area contributed by atoms with Crippen LogP contribution in [0, 0.1) is 11.8 Å². The Labute approximate surface area is 183 Å². The van der Waals surface area contributed by atoms with E-state index in [2.05, 4.69) is 24.1 Å². The van der Waals surface area contributed by atoms with Gasteiger partial charge >= 0.3 is 0 Å². The Morgan fingerprint density at radius 1 is 1.13 bits per heavy atom. The van der Waals surface area contributed by atoms with Crippen LogP contribution >= 0.6 is 0 Å². The Bertz CT molecular complexity index is 1070. The van der Waals surface area contributed by atoms with E-state index < -0.39 is 0 Å². The molecule has 0 saturated carbocycles. The monoisotopic (exact) mass is 418 g/mol. The lowest BCUT2D eigenvalue weighted by Crippen LogP contribution is -2.35. The molecule has 2 aromatic heterocycles. The molecule has 2 amide bonds. The molecule has 0 aliphatic carbocycles. The van der Waals surface area contributed by atoms with Crippen molar-refractivity contribution in [3.8, 4) is 0 Å². The molecule has 4 rings (SSSR count). The molecule has 31 heavy (non-hydrogen) atoms. The molecule has 3 heterocycles. The molecule has 1 saturated heterocycles. The zero-order valence-electron chi connectivity index (χ0n) is 18.4. The first-order valence-corrected chi connectivity index (χ1v) is 11.0. The second-order valence-corrected chi connectivity index (χ2v) is 8.83. The number of likely N-dealkylation sites (tertiary alicyclic amines) is 1. The molecule has 1 aliphatic heterocycles. The molecular formula is C25H30N4O2.